The fourth-order valence-electron chi connectivity index (χ4n) is 2.00. The molecule has 0 radical (unpaired) electrons. The van der Waals surface area contributed by atoms with Gasteiger partial charge in [-0.05, 0) is 46.1 Å². The summed E-state index contributed by atoms with van der Waals surface area (Å²) in [6.07, 6.45) is -0.556. The molecule has 106 valence electrons. The third-order valence-corrected chi connectivity index (χ3v) is 4.23. The highest BCUT2D eigenvalue weighted by molar-refractivity contribution is 9.10. The van der Waals surface area contributed by atoms with Gasteiger partial charge >= 0.3 is 0 Å². The zero-order valence-electron chi connectivity index (χ0n) is 10.4. The molecule has 0 aliphatic rings. The number of halogens is 4. The van der Waals surface area contributed by atoms with Crippen LogP contribution in [0.3, 0.4) is 0 Å². The lowest BCUT2D eigenvalue weighted by atomic mass is 10.0. The van der Waals surface area contributed by atoms with Gasteiger partial charge in [-0.3, -0.25) is 0 Å². The van der Waals surface area contributed by atoms with Crippen molar-refractivity contribution in [1.29, 1.82) is 0 Å². The standard InChI is InChI=1S/C15H12BrClF2O/c16-15-9(3-1-6-14(15)19)7-10(20)8-11-12(17)4-2-5-13(11)18/h1-6,10,20H,7-8H2. The third kappa shape index (κ3) is 3.57. The van der Waals surface area contributed by atoms with Gasteiger partial charge in [0, 0.05) is 17.0 Å². The van der Waals surface area contributed by atoms with Gasteiger partial charge in [0.05, 0.1) is 10.6 Å². The first-order valence-electron chi connectivity index (χ1n) is 6.03. The Morgan fingerprint density at radius 3 is 2.40 bits per heavy atom. The van der Waals surface area contributed by atoms with Crippen LogP contribution in [0.5, 0.6) is 0 Å². The monoisotopic (exact) mass is 360 g/mol. The predicted octanol–water partition coefficient (Wildman–Crippen LogP) is 4.53. The van der Waals surface area contributed by atoms with Crippen LogP contribution in [-0.2, 0) is 12.8 Å². The van der Waals surface area contributed by atoms with Crippen LogP contribution in [0.25, 0.3) is 0 Å². The molecule has 20 heavy (non-hydrogen) atoms. The van der Waals surface area contributed by atoms with Crippen LogP contribution in [0.1, 0.15) is 11.1 Å². The summed E-state index contributed by atoms with van der Waals surface area (Å²) in [5.74, 6) is -0.839. The maximum absolute atomic E-state index is 13.6. The summed E-state index contributed by atoms with van der Waals surface area (Å²) in [7, 11) is 0. The molecule has 1 nitrogen and oxygen atoms in total. The molecule has 5 heteroatoms. The average Bonchev–Trinajstić information content (AvgIpc) is 2.39. The fraction of sp³-hybridized carbons (Fsp3) is 0.200. The van der Waals surface area contributed by atoms with Crippen molar-refractivity contribution >= 4 is 27.5 Å². The largest absolute Gasteiger partial charge is 0.392 e. The van der Waals surface area contributed by atoms with Crippen LogP contribution in [0.4, 0.5) is 8.78 Å². The summed E-state index contributed by atoms with van der Waals surface area (Å²) in [5, 5.41) is 10.3. The summed E-state index contributed by atoms with van der Waals surface area (Å²) in [6.45, 7) is 0. The number of aliphatic hydroxyl groups excluding tert-OH is 1. The molecule has 0 aliphatic carbocycles. The Hall–Kier alpha value is -0.970. The first-order chi connectivity index (χ1) is 9.49. The molecule has 0 heterocycles. The molecule has 0 aliphatic heterocycles. The van der Waals surface area contributed by atoms with E-state index in [0.717, 1.165) is 0 Å². The van der Waals surface area contributed by atoms with E-state index >= 15 is 0 Å². The summed E-state index contributed by atoms with van der Waals surface area (Å²) in [5.41, 5.74) is 0.902. The van der Waals surface area contributed by atoms with Gasteiger partial charge in [0.2, 0.25) is 0 Å². The second kappa shape index (κ2) is 6.66. The highest BCUT2D eigenvalue weighted by Gasteiger charge is 2.15. The van der Waals surface area contributed by atoms with E-state index in [0.29, 0.717) is 10.0 Å². The van der Waals surface area contributed by atoms with E-state index in [9.17, 15) is 13.9 Å². The summed E-state index contributed by atoms with van der Waals surface area (Å²) in [4.78, 5) is 0. The lowest BCUT2D eigenvalue weighted by molar-refractivity contribution is 0.174. The van der Waals surface area contributed by atoms with Crippen LogP contribution >= 0.6 is 27.5 Å². The van der Waals surface area contributed by atoms with Gasteiger partial charge in [-0.15, -0.1) is 0 Å². The van der Waals surface area contributed by atoms with Crippen molar-refractivity contribution in [2.75, 3.05) is 0 Å². The molecule has 1 atom stereocenters. The lowest BCUT2D eigenvalue weighted by Gasteiger charge is -2.14. The van der Waals surface area contributed by atoms with Crippen molar-refractivity contribution in [3.05, 3.63) is 68.7 Å². The molecule has 0 saturated carbocycles. The molecule has 2 aromatic carbocycles. The minimum atomic E-state index is -0.845. The van der Waals surface area contributed by atoms with Gasteiger partial charge in [0.25, 0.3) is 0 Å². The Kier molecular flexibility index (Phi) is 5.13. The maximum atomic E-state index is 13.6. The van der Waals surface area contributed by atoms with Crippen molar-refractivity contribution in [3.63, 3.8) is 0 Å². The average molecular weight is 362 g/mol. The van der Waals surface area contributed by atoms with Crippen LogP contribution in [0, 0.1) is 11.6 Å². The Morgan fingerprint density at radius 2 is 1.70 bits per heavy atom. The molecule has 1 N–H and O–H groups in total. The van der Waals surface area contributed by atoms with Crippen molar-refractivity contribution < 1.29 is 13.9 Å². The third-order valence-electron chi connectivity index (χ3n) is 2.99. The van der Waals surface area contributed by atoms with Gasteiger partial charge in [0.1, 0.15) is 11.6 Å². The molecule has 0 bridgehead atoms. The second-order valence-electron chi connectivity index (χ2n) is 4.48. The molecule has 2 rings (SSSR count). The van der Waals surface area contributed by atoms with Crippen LogP contribution < -0.4 is 0 Å². The lowest BCUT2D eigenvalue weighted by Crippen LogP contribution is -2.15. The van der Waals surface area contributed by atoms with Crippen molar-refractivity contribution in [2.45, 2.75) is 18.9 Å². The highest BCUT2D eigenvalue weighted by atomic mass is 79.9. The van der Waals surface area contributed by atoms with Crippen LogP contribution in [0.15, 0.2) is 40.9 Å². The van der Waals surface area contributed by atoms with Crippen LogP contribution in [-0.4, -0.2) is 11.2 Å². The predicted molar refractivity (Wildman–Crippen MR) is 78.9 cm³/mol. The molecule has 2 aromatic rings. The van der Waals surface area contributed by atoms with Crippen molar-refractivity contribution in [1.82, 2.24) is 0 Å². The minimum absolute atomic E-state index is 0.0778. The van der Waals surface area contributed by atoms with Gasteiger partial charge in [-0.1, -0.05) is 29.8 Å². The van der Waals surface area contributed by atoms with E-state index in [2.05, 4.69) is 15.9 Å². The van der Waals surface area contributed by atoms with Gasteiger partial charge in [0.15, 0.2) is 0 Å². The molecule has 0 aromatic heterocycles. The zero-order chi connectivity index (χ0) is 14.7. The summed E-state index contributed by atoms with van der Waals surface area (Å²) in [6, 6.07) is 8.98. The van der Waals surface area contributed by atoms with E-state index < -0.39 is 17.7 Å². The Bertz CT molecular complexity index is 599. The number of aliphatic hydroxyl groups is 1. The Morgan fingerprint density at radius 1 is 1.05 bits per heavy atom. The molecule has 0 saturated heterocycles. The fourth-order valence-corrected chi connectivity index (χ4v) is 2.66. The number of hydrogen-bond donors (Lipinski definition) is 1. The maximum Gasteiger partial charge on any atom is 0.137 e. The minimum Gasteiger partial charge on any atom is -0.392 e. The van der Waals surface area contributed by atoms with Crippen molar-refractivity contribution in [3.8, 4) is 0 Å². The number of rotatable bonds is 4. The Labute approximate surface area is 129 Å². The highest BCUT2D eigenvalue weighted by Crippen LogP contribution is 2.24. The van der Waals surface area contributed by atoms with Crippen LogP contribution in [0.2, 0.25) is 5.02 Å². The van der Waals surface area contributed by atoms with E-state index in [1.807, 2.05) is 0 Å². The van der Waals surface area contributed by atoms with Gasteiger partial charge < -0.3 is 5.11 Å². The Balaban J connectivity index is 2.13. The molecular formula is C15H12BrClF2O. The smallest absolute Gasteiger partial charge is 0.137 e. The first-order valence-corrected chi connectivity index (χ1v) is 7.20. The first kappa shape index (κ1) is 15.4. The SMILES string of the molecule is OC(Cc1cccc(F)c1Br)Cc1c(F)cccc1Cl. The van der Waals surface area contributed by atoms with Gasteiger partial charge in [-0.2, -0.15) is 0 Å². The number of hydrogen-bond acceptors (Lipinski definition) is 1. The topological polar surface area (TPSA) is 20.2 Å². The van der Waals surface area contributed by atoms with E-state index in [1.165, 1.54) is 18.2 Å². The normalized spacial score (nSPS) is 12.4. The molecule has 1 unspecified atom stereocenters. The summed E-state index contributed by atoms with van der Waals surface area (Å²) < 4.78 is 27.3. The molecule has 0 spiro atoms. The van der Waals surface area contributed by atoms with E-state index in [1.54, 1.807) is 18.2 Å². The number of benzene rings is 2. The van der Waals surface area contributed by atoms with E-state index in [-0.39, 0.29) is 23.4 Å². The summed E-state index contributed by atoms with van der Waals surface area (Å²) >= 11 is 9.05. The molecule has 0 fully saturated rings. The van der Waals surface area contributed by atoms with Gasteiger partial charge in [-0.25, -0.2) is 8.78 Å². The zero-order valence-corrected chi connectivity index (χ0v) is 12.8. The quantitative estimate of drug-likeness (QED) is 0.848. The molecular weight excluding hydrogens is 350 g/mol. The second-order valence-corrected chi connectivity index (χ2v) is 5.68. The van der Waals surface area contributed by atoms with E-state index in [4.69, 9.17) is 11.6 Å². The van der Waals surface area contributed by atoms with Crippen molar-refractivity contribution in [2.24, 2.45) is 0 Å². The molecule has 0 amide bonds.